The van der Waals surface area contributed by atoms with Crippen LogP contribution >= 0.6 is 0 Å². The van der Waals surface area contributed by atoms with Crippen LogP contribution in [0.2, 0.25) is 0 Å². The highest BCUT2D eigenvalue weighted by molar-refractivity contribution is 5.79. The van der Waals surface area contributed by atoms with Crippen LogP contribution in [-0.2, 0) is 16.1 Å². The van der Waals surface area contributed by atoms with Gasteiger partial charge in [-0.3, -0.25) is 4.79 Å². The third-order valence-corrected chi connectivity index (χ3v) is 2.64. The molecule has 0 bridgehead atoms. The zero-order valence-electron chi connectivity index (χ0n) is 10.2. The maximum Gasteiger partial charge on any atom is 0.243 e. The van der Waals surface area contributed by atoms with Crippen LogP contribution in [0.25, 0.3) is 11.0 Å². The number of hydrogen-bond acceptors (Lipinski definition) is 4. The van der Waals surface area contributed by atoms with Crippen LogP contribution in [0, 0.1) is 6.92 Å². The van der Waals surface area contributed by atoms with Gasteiger partial charge in [-0.05, 0) is 24.6 Å². The van der Waals surface area contributed by atoms with Crippen LogP contribution in [0.4, 0.5) is 5.95 Å². The Morgan fingerprint density at radius 2 is 2.28 bits per heavy atom. The molecule has 1 aromatic heterocycles. The topological polar surface area (TPSA) is 96.2 Å². The van der Waals surface area contributed by atoms with Gasteiger partial charge in [0, 0.05) is 6.54 Å². The Bertz CT molecular complexity index is 577. The molecule has 0 aliphatic rings. The molecule has 6 nitrogen and oxygen atoms in total. The van der Waals surface area contributed by atoms with E-state index in [0.29, 0.717) is 19.1 Å². The van der Waals surface area contributed by atoms with E-state index >= 15 is 0 Å². The second-order valence-corrected chi connectivity index (χ2v) is 4.13. The largest absolute Gasteiger partial charge is 0.370 e. The molecule has 0 aliphatic heterocycles. The number of carbonyl (C=O) groups is 1. The Hall–Kier alpha value is -2.08. The second kappa shape index (κ2) is 5.05. The first-order chi connectivity index (χ1) is 8.58. The van der Waals surface area contributed by atoms with Crippen molar-refractivity contribution in [1.82, 2.24) is 9.55 Å². The number of imidazole rings is 1. The minimum atomic E-state index is -0.478. The Balaban J connectivity index is 2.12. The number of nitrogens with two attached hydrogens (primary N) is 2. The SMILES string of the molecule is Cc1ccc2c(c1)nc(N)n2CCOCC(N)=O. The van der Waals surface area contributed by atoms with Gasteiger partial charge in [0.2, 0.25) is 11.9 Å². The number of benzene rings is 1. The highest BCUT2D eigenvalue weighted by Gasteiger charge is 2.07. The quantitative estimate of drug-likeness (QED) is 0.750. The van der Waals surface area contributed by atoms with Crippen LogP contribution in [0.1, 0.15) is 5.56 Å². The number of anilines is 1. The summed E-state index contributed by atoms with van der Waals surface area (Å²) in [5.41, 5.74) is 13.8. The summed E-state index contributed by atoms with van der Waals surface area (Å²) in [5.74, 6) is -0.0349. The number of fused-ring (bicyclic) bond motifs is 1. The maximum absolute atomic E-state index is 10.5. The molecule has 1 heterocycles. The Kier molecular flexibility index (Phi) is 3.47. The number of amides is 1. The summed E-state index contributed by atoms with van der Waals surface area (Å²) in [6, 6.07) is 5.96. The molecule has 0 aliphatic carbocycles. The number of nitrogens with zero attached hydrogens (tertiary/aromatic N) is 2. The molecule has 0 radical (unpaired) electrons. The van der Waals surface area contributed by atoms with Crippen LogP contribution in [0.5, 0.6) is 0 Å². The van der Waals surface area contributed by atoms with Crippen molar-refractivity contribution >= 4 is 22.9 Å². The van der Waals surface area contributed by atoms with Gasteiger partial charge >= 0.3 is 0 Å². The van der Waals surface area contributed by atoms with Gasteiger partial charge in [0.05, 0.1) is 17.6 Å². The average molecular weight is 248 g/mol. The summed E-state index contributed by atoms with van der Waals surface area (Å²) >= 11 is 0. The summed E-state index contributed by atoms with van der Waals surface area (Å²) < 4.78 is 6.97. The van der Waals surface area contributed by atoms with Gasteiger partial charge in [-0.2, -0.15) is 0 Å². The monoisotopic (exact) mass is 248 g/mol. The third-order valence-electron chi connectivity index (χ3n) is 2.64. The number of hydrogen-bond donors (Lipinski definition) is 2. The smallest absolute Gasteiger partial charge is 0.243 e. The van der Waals surface area contributed by atoms with Crippen molar-refractivity contribution in [2.45, 2.75) is 13.5 Å². The van der Waals surface area contributed by atoms with Crippen LogP contribution in [0.3, 0.4) is 0 Å². The summed E-state index contributed by atoms with van der Waals surface area (Å²) in [6.45, 7) is 2.83. The highest BCUT2D eigenvalue weighted by Crippen LogP contribution is 2.18. The van der Waals surface area contributed by atoms with Crippen molar-refractivity contribution in [3.8, 4) is 0 Å². The fourth-order valence-electron chi connectivity index (χ4n) is 1.82. The highest BCUT2D eigenvalue weighted by atomic mass is 16.5. The van der Waals surface area contributed by atoms with E-state index in [1.807, 2.05) is 29.7 Å². The van der Waals surface area contributed by atoms with Gasteiger partial charge in [0.15, 0.2) is 0 Å². The molecule has 18 heavy (non-hydrogen) atoms. The predicted octanol–water partition coefficient (Wildman–Crippen LogP) is 0.429. The Labute approximate surface area is 105 Å². The zero-order chi connectivity index (χ0) is 13.1. The van der Waals surface area contributed by atoms with Crippen LogP contribution in [0.15, 0.2) is 18.2 Å². The summed E-state index contributed by atoms with van der Waals surface area (Å²) in [6.07, 6.45) is 0. The minimum absolute atomic E-state index is 0.0777. The summed E-state index contributed by atoms with van der Waals surface area (Å²) in [7, 11) is 0. The molecule has 2 aromatic rings. The Morgan fingerprint density at radius 3 is 3.00 bits per heavy atom. The van der Waals surface area contributed by atoms with E-state index in [9.17, 15) is 4.79 Å². The molecule has 1 amide bonds. The van der Waals surface area contributed by atoms with Crippen molar-refractivity contribution in [3.05, 3.63) is 23.8 Å². The van der Waals surface area contributed by atoms with Gasteiger partial charge in [0.1, 0.15) is 6.61 Å². The molecule has 6 heteroatoms. The summed E-state index contributed by atoms with van der Waals surface area (Å²) in [5, 5.41) is 0. The van der Waals surface area contributed by atoms with E-state index in [1.54, 1.807) is 0 Å². The van der Waals surface area contributed by atoms with Crippen LogP contribution in [-0.4, -0.2) is 28.7 Å². The number of aromatic nitrogens is 2. The molecule has 0 spiro atoms. The van der Waals surface area contributed by atoms with E-state index < -0.39 is 5.91 Å². The average Bonchev–Trinajstić information content (AvgIpc) is 2.59. The van der Waals surface area contributed by atoms with Crippen molar-refractivity contribution in [2.24, 2.45) is 5.73 Å². The van der Waals surface area contributed by atoms with E-state index in [-0.39, 0.29) is 6.61 Å². The molecule has 0 saturated carbocycles. The van der Waals surface area contributed by atoms with E-state index in [1.165, 1.54) is 0 Å². The second-order valence-electron chi connectivity index (χ2n) is 4.13. The zero-order valence-corrected chi connectivity index (χ0v) is 10.2. The van der Waals surface area contributed by atoms with Crippen molar-refractivity contribution in [1.29, 1.82) is 0 Å². The first-order valence-electron chi connectivity index (χ1n) is 5.66. The summed E-state index contributed by atoms with van der Waals surface area (Å²) in [4.78, 5) is 14.8. The first-order valence-corrected chi connectivity index (χ1v) is 5.66. The van der Waals surface area contributed by atoms with E-state index in [0.717, 1.165) is 16.6 Å². The van der Waals surface area contributed by atoms with Crippen molar-refractivity contribution in [3.63, 3.8) is 0 Å². The predicted molar refractivity (Wildman–Crippen MR) is 68.9 cm³/mol. The number of ether oxygens (including phenoxy) is 1. The first kappa shape index (κ1) is 12.4. The molecule has 96 valence electrons. The number of rotatable bonds is 5. The number of carbonyl (C=O) groups excluding carboxylic acids is 1. The van der Waals surface area contributed by atoms with Gasteiger partial charge in [0.25, 0.3) is 0 Å². The van der Waals surface area contributed by atoms with Gasteiger partial charge in [-0.25, -0.2) is 4.98 Å². The lowest BCUT2D eigenvalue weighted by atomic mass is 10.2. The molecule has 2 rings (SSSR count). The van der Waals surface area contributed by atoms with Gasteiger partial charge in [-0.1, -0.05) is 6.07 Å². The fraction of sp³-hybridized carbons (Fsp3) is 0.333. The van der Waals surface area contributed by atoms with E-state index in [4.69, 9.17) is 16.2 Å². The molecule has 4 N–H and O–H groups in total. The molecule has 0 fully saturated rings. The number of aryl methyl sites for hydroxylation is 1. The lowest BCUT2D eigenvalue weighted by molar-refractivity contribution is -0.122. The fourth-order valence-corrected chi connectivity index (χ4v) is 1.82. The molecule has 1 aromatic carbocycles. The minimum Gasteiger partial charge on any atom is -0.370 e. The molecule has 0 unspecified atom stereocenters. The standard InChI is InChI=1S/C12H16N4O2/c1-8-2-3-10-9(6-8)15-12(14)16(10)4-5-18-7-11(13)17/h2-3,6H,4-5,7H2,1H3,(H2,13,17)(H2,14,15). The van der Waals surface area contributed by atoms with Crippen LogP contribution < -0.4 is 11.5 Å². The third kappa shape index (κ3) is 2.60. The van der Waals surface area contributed by atoms with Crippen molar-refractivity contribution < 1.29 is 9.53 Å². The maximum atomic E-state index is 10.5. The van der Waals surface area contributed by atoms with E-state index in [2.05, 4.69) is 4.98 Å². The van der Waals surface area contributed by atoms with Gasteiger partial charge in [-0.15, -0.1) is 0 Å². The molecular weight excluding hydrogens is 232 g/mol. The van der Waals surface area contributed by atoms with Gasteiger partial charge < -0.3 is 20.8 Å². The normalized spacial score (nSPS) is 10.9. The molecule has 0 saturated heterocycles. The number of nitrogen functional groups attached to an aromatic ring is 1. The van der Waals surface area contributed by atoms with Crippen molar-refractivity contribution in [2.75, 3.05) is 18.9 Å². The number of primary amides is 1. The Morgan fingerprint density at radius 1 is 1.50 bits per heavy atom. The molecule has 0 atom stereocenters. The lowest BCUT2D eigenvalue weighted by Crippen LogP contribution is -2.20. The lowest BCUT2D eigenvalue weighted by Gasteiger charge is -2.06. The molecular formula is C12H16N4O2.